The molecule has 1 rings (SSSR count). The number of nitrogens with one attached hydrogen (secondary N) is 2. The lowest BCUT2D eigenvalue weighted by atomic mass is 9.90. The van der Waals surface area contributed by atoms with Gasteiger partial charge in [-0.15, -0.1) is 0 Å². The van der Waals surface area contributed by atoms with Crippen LogP contribution >= 0.6 is 0 Å². The Balaban J connectivity index is 2.66. The van der Waals surface area contributed by atoms with Crippen LogP contribution in [0.5, 0.6) is 0 Å². The fourth-order valence-electron chi connectivity index (χ4n) is 2.62. The van der Waals surface area contributed by atoms with E-state index in [-0.39, 0.29) is 31.1 Å². The smallest absolute Gasteiger partial charge is 0.224 e. The molecular weight excluding hydrogens is 351 g/mol. The number of benzene rings is 1. The Morgan fingerprint density at radius 1 is 1.15 bits per heavy atom. The third kappa shape index (κ3) is 8.11. The van der Waals surface area contributed by atoms with Gasteiger partial charge in [-0.2, -0.15) is 0 Å². The van der Waals surface area contributed by atoms with Crippen LogP contribution in [0.3, 0.4) is 0 Å². The number of amides is 2. The van der Waals surface area contributed by atoms with Gasteiger partial charge in [0.2, 0.25) is 11.8 Å². The molecule has 0 aromatic heterocycles. The van der Waals surface area contributed by atoms with Gasteiger partial charge in [0.05, 0.1) is 6.04 Å². The fourth-order valence-corrected chi connectivity index (χ4v) is 2.62. The van der Waals surface area contributed by atoms with E-state index in [2.05, 4.69) is 10.6 Å². The molecule has 0 radical (unpaired) electrons. The number of ketones is 1. The third-order valence-corrected chi connectivity index (χ3v) is 4.29. The van der Waals surface area contributed by atoms with Crippen molar-refractivity contribution in [2.24, 2.45) is 11.8 Å². The first-order chi connectivity index (χ1) is 12.9. The summed E-state index contributed by atoms with van der Waals surface area (Å²) in [5.41, 5.74) is 0.943. The molecule has 148 valence electrons. The predicted octanol–water partition coefficient (Wildman–Crippen LogP) is 1.97. The van der Waals surface area contributed by atoms with Gasteiger partial charge in [-0.05, 0) is 17.9 Å². The van der Waals surface area contributed by atoms with Gasteiger partial charge >= 0.3 is 0 Å². The van der Waals surface area contributed by atoms with Crippen molar-refractivity contribution >= 4 is 23.9 Å². The van der Waals surface area contributed by atoms with Crippen molar-refractivity contribution < 1.29 is 23.6 Å². The Morgan fingerprint density at radius 2 is 1.81 bits per heavy atom. The van der Waals surface area contributed by atoms with Crippen LogP contribution in [-0.2, 0) is 25.7 Å². The first kappa shape index (κ1) is 22.5. The first-order valence-corrected chi connectivity index (χ1v) is 9.02. The highest BCUT2D eigenvalue weighted by molar-refractivity contribution is 5.92. The molecule has 1 aromatic carbocycles. The SMILES string of the molecule is CC(C)[C@H](CC(=O)NCc1ccccc1)C(=O)NC(CCC=O)C(=O)CF. The number of halogens is 1. The van der Waals surface area contributed by atoms with Crippen molar-refractivity contribution in [2.75, 3.05) is 6.67 Å². The summed E-state index contributed by atoms with van der Waals surface area (Å²) in [5, 5.41) is 5.26. The maximum Gasteiger partial charge on any atom is 0.224 e. The van der Waals surface area contributed by atoms with Crippen molar-refractivity contribution in [1.82, 2.24) is 10.6 Å². The number of hydrogen-bond donors (Lipinski definition) is 2. The van der Waals surface area contributed by atoms with Gasteiger partial charge in [0.15, 0.2) is 5.78 Å². The second-order valence-electron chi connectivity index (χ2n) is 6.72. The van der Waals surface area contributed by atoms with Gasteiger partial charge in [-0.1, -0.05) is 44.2 Å². The summed E-state index contributed by atoms with van der Waals surface area (Å²) >= 11 is 0. The highest BCUT2D eigenvalue weighted by Gasteiger charge is 2.29. The molecule has 1 aromatic rings. The molecule has 0 heterocycles. The second kappa shape index (κ2) is 11.9. The van der Waals surface area contributed by atoms with Gasteiger partial charge in [0.25, 0.3) is 0 Å². The van der Waals surface area contributed by atoms with E-state index >= 15 is 0 Å². The Bertz CT molecular complexity index is 634. The molecule has 0 aliphatic rings. The molecule has 0 spiro atoms. The molecule has 27 heavy (non-hydrogen) atoms. The van der Waals surface area contributed by atoms with Crippen LogP contribution in [0.2, 0.25) is 0 Å². The van der Waals surface area contributed by atoms with E-state index in [1.165, 1.54) is 0 Å². The van der Waals surface area contributed by atoms with Gasteiger partial charge in [0, 0.05) is 25.3 Å². The lowest BCUT2D eigenvalue weighted by molar-refractivity contribution is -0.134. The van der Waals surface area contributed by atoms with E-state index in [1.807, 2.05) is 30.3 Å². The summed E-state index contributed by atoms with van der Waals surface area (Å²) in [4.78, 5) is 46.9. The van der Waals surface area contributed by atoms with Gasteiger partial charge in [-0.3, -0.25) is 14.4 Å². The average Bonchev–Trinajstić information content (AvgIpc) is 2.67. The van der Waals surface area contributed by atoms with Gasteiger partial charge in [0.1, 0.15) is 13.0 Å². The van der Waals surface area contributed by atoms with E-state index in [0.29, 0.717) is 12.8 Å². The van der Waals surface area contributed by atoms with Gasteiger partial charge in [-0.25, -0.2) is 4.39 Å². The van der Waals surface area contributed by atoms with Crippen molar-refractivity contribution in [1.29, 1.82) is 0 Å². The number of carbonyl (C=O) groups is 4. The number of aldehydes is 1. The molecule has 2 atom stereocenters. The lowest BCUT2D eigenvalue weighted by Gasteiger charge is -2.23. The normalized spacial score (nSPS) is 12.9. The second-order valence-corrected chi connectivity index (χ2v) is 6.72. The number of Topliss-reactive ketones (excluding diaryl/α,β-unsaturated/α-hetero) is 1. The quantitative estimate of drug-likeness (QED) is 0.544. The average molecular weight is 378 g/mol. The number of carbonyl (C=O) groups excluding carboxylic acids is 4. The van der Waals surface area contributed by atoms with Crippen molar-refractivity contribution in [3.05, 3.63) is 35.9 Å². The predicted molar refractivity (Wildman–Crippen MR) is 99.4 cm³/mol. The van der Waals surface area contributed by atoms with Gasteiger partial charge < -0.3 is 15.4 Å². The topological polar surface area (TPSA) is 92.3 Å². The minimum Gasteiger partial charge on any atom is -0.352 e. The maximum atomic E-state index is 12.7. The summed E-state index contributed by atoms with van der Waals surface area (Å²) in [6.45, 7) is 2.74. The van der Waals surface area contributed by atoms with E-state index < -0.39 is 30.3 Å². The van der Waals surface area contributed by atoms with Crippen molar-refractivity contribution in [2.45, 2.75) is 45.7 Å². The zero-order valence-electron chi connectivity index (χ0n) is 15.7. The molecule has 7 heteroatoms. The summed E-state index contributed by atoms with van der Waals surface area (Å²) in [5.74, 6) is -2.36. The first-order valence-electron chi connectivity index (χ1n) is 9.02. The van der Waals surface area contributed by atoms with E-state index in [0.717, 1.165) is 5.56 Å². The minimum atomic E-state index is -1.21. The lowest BCUT2D eigenvalue weighted by Crippen LogP contribution is -2.46. The molecule has 0 aliphatic heterocycles. The molecule has 0 saturated heterocycles. The molecule has 0 saturated carbocycles. The van der Waals surface area contributed by atoms with Crippen molar-refractivity contribution in [3.63, 3.8) is 0 Å². The maximum absolute atomic E-state index is 12.7. The molecule has 2 amide bonds. The molecule has 0 fully saturated rings. The molecular formula is C20H27FN2O4. The minimum absolute atomic E-state index is 0.0411. The van der Waals surface area contributed by atoms with Crippen LogP contribution in [-0.4, -0.2) is 36.6 Å². The van der Waals surface area contributed by atoms with Crippen LogP contribution in [0.1, 0.15) is 38.7 Å². The monoisotopic (exact) mass is 378 g/mol. The Labute approximate surface area is 158 Å². The highest BCUT2D eigenvalue weighted by Crippen LogP contribution is 2.16. The Hall–Kier alpha value is -2.57. The van der Waals surface area contributed by atoms with E-state index in [9.17, 15) is 23.6 Å². The summed E-state index contributed by atoms with van der Waals surface area (Å²) < 4.78 is 12.7. The standard InChI is InChI=1S/C20H27FN2O4/c1-14(2)16(11-19(26)22-13-15-7-4-3-5-8-15)20(27)23-17(9-6-10-24)18(25)12-21/h3-5,7-8,10,14,16-17H,6,9,11-13H2,1-2H3,(H,22,26)(H,23,27)/t16-,17?/m0/s1. The Morgan fingerprint density at radius 3 is 2.37 bits per heavy atom. The zero-order chi connectivity index (χ0) is 20.2. The number of hydrogen-bond acceptors (Lipinski definition) is 4. The summed E-state index contributed by atoms with van der Waals surface area (Å²) in [6, 6.07) is 8.33. The van der Waals surface area contributed by atoms with Crippen LogP contribution < -0.4 is 10.6 Å². The van der Waals surface area contributed by atoms with E-state index in [4.69, 9.17) is 0 Å². The van der Waals surface area contributed by atoms with Crippen LogP contribution in [0, 0.1) is 11.8 Å². The fraction of sp³-hybridized carbons (Fsp3) is 0.500. The Kier molecular flexibility index (Phi) is 9.93. The molecule has 6 nitrogen and oxygen atoms in total. The van der Waals surface area contributed by atoms with E-state index in [1.54, 1.807) is 13.8 Å². The molecule has 0 bridgehead atoms. The summed E-state index contributed by atoms with van der Waals surface area (Å²) in [7, 11) is 0. The van der Waals surface area contributed by atoms with Crippen LogP contribution in [0.15, 0.2) is 30.3 Å². The molecule has 0 aliphatic carbocycles. The van der Waals surface area contributed by atoms with Crippen LogP contribution in [0.4, 0.5) is 4.39 Å². The zero-order valence-corrected chi connectivity index (χ0v) is 15.7. The highest BCUT2D eigenvalue weighted by atomic mass is 19.1. The number of alkyl halides is 1. The third-order valence-electron chi connectivity index (χ3n) is 4.29. The van der Waals surface area contributed by atoms with Crippen molar-refractivity contribution in [3.8, 4) is 0 Å². The molecule has 1 unspecified atom stereocenters. The van der Waals surface area contributed by atoms with Crippen LogP contribution in [0.25, 0.3) is 0 Å². The summed E-state index contributed by atoms with van der Waals surface area (Å²) in [6.07, 6.45) is 0.659. The largest absolute Gasteiger partial charge is 0.352 e. The molecule has 2 N–H and O–H groups in total. The number of rotatable bonds is 12.